The minimum atomic E-state index is -0.0907. The molecule has 0 radical (unpaired) electrons. The molecule has 1 saturated carbocycles. The maximum Gasteiger partial charge on any atom is 0.138 e. The molecule has 0 aliphatic heterocycles. The van der Waals surface area contributed by atoms with Crippen LogP contribution in [-0.2, 0) is 13.0 Å². The minimum absolute atomic E-state index is 0.0907. The maximum absolute atomic E-state index is 6.58. The van der Waals surface area contributed by atoms with Crippen LogP contribution in [0.5, 0.6) is 0 Å². The van der Waals surface area contributed by atoms with Crippen molar-refractivity contribution in [1.82, 2.24) is 24.8 Å². The summed E-state index contributed by atoms with van der Waals surface area (Å²) in [4.78, 5) is 0. The van der Waals surface area contributed by atoms with E-state index in [1.54, 1.807) is 4.68 Å². The van der Waals surface area contributed by atoms with E-state index in [2.05, 4.69) is 15.4 Å². The molecular formula is C18H21ClN6. The highest BCUT2D eigenvalue weighted by atomic mass is 35.5. The van der Waals surface area contributed by atoms with Gasteiger partial charge in [0.25, 0.3) is 0 Å². The molecule has 1 aliphatic carbocycles. The van der Waals surface area contributed by atoms with Crippen molar-refractivity contribution < 1.29 is 0 Å². The number of nitrogens with two attached hydrogens (primary N) is 1. The van der Waals surface area contributed by atoms with Crippen molar-refractivity contribution in [3.8, 4) is 5.69 Å². The molecule has 6 nitrogen and oxygen atoms in total. The van der Waals surface area contributed by atoms with Gasteiger partial charge in [0, 0.05) is 23.7 Å². The lowest BCUT2D eigenvalue weighted by atomic mass is 9.75. The molecule has 1 fully saturated rings. The second-order valence-corrected chi connectivity index (χ2v) is 7.26. The Bertz CT molecular complexity index is 878. The quantitative estimate of drug-likeness (QED) is 0.762. The van der Waals surface area contributed by atoms with Crippen molar-refractivity contribution in [3.63, 3.8) is 0 Å². The molecule has 4 rings (SSSR count). The minimum Gasteiger partial charge on any atom is -0.325 e. The number of rotatable bonds is 5. The number of hydrogen-bond donors (Lipinski definition) is 1. The lowest BCUT2D eigenvalue weighted by molar-refractivity contribution is 0.245. The molecule has 0 bridgehead atoms. The predicted molar refractivity (Wildman–Crippen MR) is 96.9 cm³/mol. The summed E-state index contributed by atoms with van der Waals surface area (Å²) in [7, 11) is 0. The Hall–Kier alpha value is -2.18. The number of benzene rings is 1. The van der Waals surface area contributed by atoms with Gasteiger partial charge in [-0.05, 0) is 38.3 Å². The monoisotopic (exact) mass is 356 g/mol. The van der Waals surface area contributed by atoms with Gasteiger partial charge in [-0.25, -0.2) is 9.36 Å². The third-order valence-electron chi connectivity index (χ3n) is 4.91. The zero-order valence-corrected chi connectivity index (χ0v) is 14.9. The van der Waals surface area contributed by atoms with E-state index in [0.29, 0.717) is 11.7 Å². The van der Waals surface area contributed by atoms with Crippen molar-refractivity contribution in [2.24, 2.45) is 5.73 Å². The van der Waals surface area contributed by atoms with Crippen LogP contribution in [-0.4, -0.2) is 30.3 Å². The third-order valence-corrected chi connectivity index (χ3v) is 5.30. The van der Waals surface area contributed by atoms with Crippen LogP contribution in [0, 0.1) is 6.92 Å². The Morgan fingerprint density at radius 2 is 2.00 bits per heavy atom. The Kier molecular flexibility index (Phi) is 4.09. The summed E-state index contributed by atoms with van der Waals surface area (Å²) in [6, 6.07) is 9.87. The fraction of sp³-hybridized carbons (Fsp3) is 0.389. The van der Waals surface area contributed by atoms with Gasteiger partial charge in [0.05, 0.1) is 23.6 Å². The zero-order valence-electron chi connectivity index (χ0n) is 14.2. The first-order chi connectivity index (χ1) is 12.0. The average molecular weight is 357 g/mol. The third kappa shape index (κ3) is 3.19. The average Bonchev–Trinajstić information content (AvgIpc) is 3.13. The molecule has 0 atom stereocenters. The summed E-state index contributed by atoms with van der Waals surface area (Å²) >= 11 is 6.58. The van der Waals surface area contributed by atoms with Gasteiger partial charge >= 0.3 is 0 Å². The van der Waals surface area contributed by atoms with Gasteiger partial charge < -0.3 is 5.73 Å². The van der Waals surface area contributed by atoms with Gasteiger partial charge in [-0.3, -0.25) is 0 Å². The Labute approximate surface area is 151 Å². The number of para-hydroxylation sites is 1. The Morgan fingerprint density at radius 1 is 1.24 bits per heavy atom. The maximum atomic E-state index is 6.58. The van der Waals surface area contributed by atoms with E-state index in [1.165, 1.54) is 6.42 Å². The molecule has 2 aromatic heterocycles. The van der Waals surface area contributed by atoms with Crippen LogP contribution in [0.3, 0.4) is 0 Å². The summed E-state index contributed by atoms with van der Waals surface area (Å²) in [6.45, 7) is 2.50. The molecule has 1 aliphatic rings. The van der Waals surface area contributed by atoms with E-state index in [9.17, 15) is 0 Å². The molecule has 130 valence electrons. The lowest BCUT2D eigenvalue weighted by Gasteiger charge is -2.37. The van der Waals surface area contributed by atoms with E-state index >= 15 is 0 Å². The van der Waals surface area contributed by atoms with Crippen LogP contribution in [0.25, 0.3) is 5.69 Å². The van der Waals surface area contributed by atoms with Crippen LogP contribution < -0.4 is 5.73 Å². The Morgan fingerprint density at radius 3 is 2.68 bits per heavy atom. The van der Waals surface area contributed by atoms with Gasteiger partial charge in [-0.1, -0.05) is 35.0 Å². The van der Waals surface area contributed by atoms with Crippen molar-refractivity contribution in [2.75, 3.05) is 0 Å². The van der Waals surface area contributed by atoms with E-state index in [-0.39, 0.29) is 5.54 Å². The molecule has 2 N–H and O–H groups in total. The van der Waals surface area contributed by atoms with Gasteiger partial charge in [-0.15, -0.1) is 5.10 Å². The molecule has 2 heterocycles. The predicted octanol–water partition coefficient (Wildman–Crippen LogP) is 2.90. The van der Waals surface area contributed by atoms with E-state index in [1.807, 2.05) is 48.1 Å². The first kappa shape index (κ1) is 16.3. The smallest absolute Gasteiger partial charge is 0.138 e. The topological polar surface area (TPSA) is 74.5 Å². The fourth-order valence-corrected chi connectivity index (χ4v) is 3.61. The van der Waals surface area contributed by atoms with Gasteiger partial charge in [-0.2, -0.15) is 5.10 Å². The number of nitrogens with zero attached hydrogens (tertiary/aromatic N) is 5. The lowest BCUT2D eigenvalue weighted by Crippen LogP contribution is -2.48. The molecule has 1 aromatic carbocycles. The highest BCUT2D eigenvalue weighted by Gasteiger charge is 2.33. The molecule has 0 amide bonds. The van der Waals surface area contributed by atoms with E-state index in [0.717, 1.165) is 41.9 Å². The zero-order chi connectivity index (χ0) is 17.4. The molecular weight excluding hydrogens is 336 g/mol. The SMILES string of the molecule is Cc1nn(-c2ccccc2)c(Cl)c1Cn1cc(CC2(N)CCC2)nn1. The molecule has 25 heavy (non-hydrogen) atoms. The number of aryl methyl sites for hydroxylation is 1. The number of hydrogen-bond acceptors (Lipinski definition) is 4. The summed E-state index contributed by atoms with van der Waals surface area (Å²) in [5.74, 6) is 0. The second kappa shape index (κ2) is 6.28. The molecule has 7 heteroatoms. The van der Waals surface area contributed by atoms with Gasteiger partial charge in [0.1, 0.15) is 5.15 Å². The van der Waals surface area contributed by atoms with E-state index < -0.39 is 0 Å². The first-order valence-electron chi connectivity index (χ1n) is 8.51. The first-order valence-corrected chi connectivity index (χ1v) is 8.89. The number of halogens is 1. The molecule has 0 spiro atoms. The second-order valence-electron chi connectivity index (χ2n) is 6.90. The normalized spacial score (nSPS) is 16.0. The summed E-state index contributed by atoms with van der Waals surface area (Å²) in [5.41, 5.74) is 9.93. The summed E-state index contributed by atoms with van der Waals surface area (Å²) in [6.07, 6.45) is 6.08. The summed E-state index contributed by atoms with van der Waals surface area (Å²) in [5, 5.41) is 13.7. The standard InChI is InChI=1S/C18H21ClN6/c1-13-16(17(19)25(22-13)15-6-3-2-4-7-15)12-24-11-14(21-23-24)10-18(20)8-5-9-18/h2-4,6-7,11H,5,8-10,12,20H2,1H3. The van der Waals surface area contributed by atoms with Crippen molar-refractivity contribution in [3.05, 3.63) is 58.6 Å². The molecule has 0 unspecified atom stereocenters. The molecule has 0 saturated heterocycles. The largest absolute Gasteiger partial charge is 0.325 e. The van der Waals surface area contributed by atoms with Crippen LogP contribution in [0.1, 0.15) is 36.2 Å². The van der Waals surface area contributed by atoms with Crippen LogP contribution in [0.15, 0.2) is 36.5 Å². The fourth-order valence-electron chi connectivity index (χ4n) is 3.28. The Balaban J connectivity index is 1.55. The van der Waals surface area contributed by atoms with Crippen molar-refractivity contribution >= 4 is 11.6 Å². The van der Waals surface area contributed by atoms with Crippen LogP contribution in [0.2, 0.25) is 5.15 Å². The van der Waals surface area contributed by atoms with Crippen LogP contribution in [0.4, 0.5) is 0 Å². The molecule has 3 aromatic rings. The van der Waals surface area contributed by atoms with E-state index in [4.69, 9.17) is 17.3 Å². The summed E-state index contributed by atoms with van der Waals surface area (Å²) < 4.78 is 3.57. The van der Waals surface area contributed by atoms with Gasteiger partial charge in [0.15, 0.2) is 0 Å². The van der Waals surface area contributed by atoms with Gasteiger partial charge in [0.2, 0.25) is 0 Å². The van der Waals surface area contributed by atoms with Crippen molar-refractivity contribution in [1.29, 1.82) is 0 Å². The van der Waals surface area contributed by atoms with Crippen molar-refractivity contribution in [2.45, 2.75) is 44.7 Å². The highest BCUT2D eigenvalue weighted by Crippen LogP contribution is 2.32. The van der Waals surface area contributed by atoms with Crippen LogP contribution >= 0.6 is 11.6 Å². The highest BCUT2D eigenvalue weighted by molar-refractivity contribution is 6.30. The number of aromatic nitrogens is 5.